The van der Waals surface area contributed by atoms with Gasteiger partial charge in [-0.2, -0.15) is 0 Å². The summed E-state index contributed by atoms with van der Waals surface area (Å²) in [7, 11) is 2.06. The summed E-state index contributed by atoms with van der Waals surface area (Å²) in [5, 5.41) is 4.51. The van der Waals surface area contributed by atoms with Crippen LogP contribution >= 0.6 is 51.2 Å². The molecule has 24 heavy (non-hydrogen) atoms. The number of guanidine groups is 1. The van der Waals surface area contributed by atoms with Crippen LogP contribution in [-0.2, 0) is 13.0 Å². The van der Waals surface area contributed by atoms with E-state index in [2.05, 4.69) is 70.2 Å². The van der Waals surface area contributed by atoms with E-state index in [9.17, 15) is 0 Å². The number of hydrogen-bond acceptors (Lipinski definition) is 3. The van der Waals surface area contributed by atoms with E-state index in [1.165, 1.54) is 10.4 Å². The maximum absolute atomic E-state index is 4.73. The van der Waals surface area contributed by atoms with Gasteiger partial charge in [0.1, 0.15) is 0 Å². The van der Waals surface area contributed by atoms with E-state index in [1.54, 1.807) is 11.3 Å². The molecule has 0 radical (unpaired) electrons. The van der Waals surface area contributed by atoms with Crippen molar-refractivity contribution in [2.75, 3.05) is 20.1 Å². The molecule has 0 unspecified atom stereocenters. The Bertz CT molecular complexity index is 660. The minimum atomic E-state index is 0. The molecule has 1 N–H and O–H groups in total. The van der Waals surface area contributed by atoms with Crippen molar-refractivity contribution in [1.29, 1.82) is 0 Å². The van der Waals surface area contributed by atoms with Crippen molar-refractivity contribution in [3.63, 3.8) is 0 Å². The zero-order valence-electron chi connectivity index (χ0n) is 14.3. The maximum Gasteiger partial charge on any atom is 0.193 e. The van der Waals surface area contributed by atoms with Crippen LogP contribution < -0.4 is 5.32 Å². The van der Waals surface area contributed by atoms with Crippen molar-refractivity contribution < 1.29 is 0 Å². The molecule has 0 saturated heterocycles. The van der Waals surface area contributed by atoms with Gasteiger partial charge in [0.2, 0.25) is 0 Å². The fourth-order valence-electron chi connectivity index (χ4n) is 2.20. The number of halogens is 2. The molecule has 0 aliphatic carbocycles. The highest BCUT2D eigenvalue weighted by Crippen LogP contribution is 2.17. The van der Waals surface area contributed by atoms with Crippen LogP contribution in [-0.4, -0.2) is 36.0 Å². The Hall–Kier alpha value is -0.670. The van der Waals surface area contributed by atoms with E-state index in [4.69, 9.17) is 4.99 Å². The smallest absolute Gasteiger partial charge is 0.193 e. The minimum Gasteiger partial charge on any atom is -0.357 e. The first kappa shape index (κ1) is 21.4. The Kier molecular flexibility index (Phi) is 9.84. The molecule has 0 spiro atoms. The summed E-state index contributed by atoms with van der Waals surface area (Å²) in [6, 6.07) is 8.28. The summed E-state index contributed by atoms with van der Waals surface area (Å²) in [4.78, 5) is 12.5. The first-order valence-electron chi connectivity index (χ1n) is 7.74. The third-order valence-electron chi connectivity index (χ3n) is 3.32. The average molecular weight is 523 g/mol. The number of nitrogens with one attached hydrogen (secondary N) is 1. The average Bonchev–Trinajstić information content (AvgIpc) is 2.94. The van der Waals surface area contributed by atoms with Crippen LogP contribution in [0.15, 0.2) is 39.9 Å². The lowest BCUT2D eigenvalue weighted by atomic mass is 10.2. The molecule has 4 nitrogen and oxygen atoms in total. The molecule has 0 bridgehead atoms. The molecule has 2 aromatic rings. The fraction of sp³-hybridized carbons (Fsp3) is 0.412. The van der Waals surface area contributed by atoms with Crippen molar-refractivity contribution in [3.8, 4) is 0 Å². The van der Waals surface area contributed by atoms with E-state index in [0.717, 1.165) is 41.5 Å². The van der Waals surface area contributed by atoms with E-state index in [1.807, 2.05) is 12.3 Å². The molecule has 1 aromatic heterocycles. The molecular weight excluding hydrogens is 499 g/mol. The highest BCUT2D eigenvalue weighted by Gasteiger charge is 2.08. The van der Waals surface area contributed by atoms with Crippen molar-refractivity contribution >= 4 is 57.2 Å². The lowest BCUT2D eigenvalue weighted by Gasteiger charge is -2.22. The second-order valence-electron chi connectivity index (χ2n) is 5.30. The van der Waals surface area contributed by atoms with Crippen LogP contribution in [0.5, 0.6) is 0 Å². The van der Waals surface area contributed by atoms with Gasteiger partial charge in [-0.1, -0.05) is 34.1 Å². The van der Waals surface area contributed by atoms with E-state index >= 15 is 0 Å². The van der Waals surface area contributed by atoms with E-state index < -0.39 is 0 Å². The number of aromatic nitrogens is 1. The minimum absolute atomic E-state index is 0. The first-order chi connectivity index (χ1) is 11.1. The molecule has 1 aromatic carbocycles. The van der Waals surface area contributed by atoms with Crippen LogP contribution in [0.25, 0.3) is 0 Å². The summed E-state index contributed by atoms with van der Waals surface area (Å²) >= 11 is 5.35. The Morgan fingerprint density at radius 2 is 2.12 bits per heavy atom. The number of rotatable bonds is 6. The molecule has 0 saturated carbocycles. The maximum atomic E-state index is 4.73. The molecular formula is C17H24BrIN4S. The van der Waals surface area contributed by atoms with Gasteiger partial charge in [-0.3, -0.25) is 4.99 Å². The summed E-state index contributed by atoms with van der Waals surface area (Å²) < 4.78 is 1.13. The first-order valence-corrected chi connectivity index (χ1v) is 9.35. The molecule has 0 aliphatic heterocycles. The van der Waals surface area contributed by atoms with Gasteiger partial charge < -0.3 is 10.2 Å². The molecule has 132 valence electrons. The highest BCUT2D eigenvalue weighted by molar-refractivity contribution is 14.0. The molecule has 0 fully saturated rings. The Morgan fingerprint density at radius 1 is 1.38 bits per heavy atom. The Labute approximate surface area is 173 Å². The summed E-state index contributed by atoms with van der Waals surface area (Å²) in [6.45, 7) is 6.58. The zero-order chi connectivity index (χ0) is 16.7. The lowest BCUT2D eigenvalue weighted by Crippen LogP contribution is -2.38. The van der Waals surface area contributed by atoms with Crippen LogP contribution in [0.2, 0.25) is 0 Å². The third-order valence-corrected chi connectivity index (χ3v) is 5.06. The van der Waals surface area contributed by atoms with Gasteiger partial charge in [-0.15, -0.1) is 35.3 Å². The molecule has 7 heteroatoms. The largest absolute Gasteiger partial charge is 0.357 e. The summed E-state index contributed by atoms with van der Waals surface area (Å²) in [5.41, 5.74) is 1.25. The van der Waals surface area contributed by atoms with Gasteiger partial charge in [-0.25, -0.2) is 4.98 Å². The van der Waals surface area contributed by atoms with Gasteiger partial charge in [-0.05, 0) is 25.5 Å². The number of hydrogen-bond donors (Lipinski definition) is 1. The number of thiazole rings is 1. The van der Waals surface area contributed by atoms with E-state index in [0.29, 0.717) is 0 Å². The van der Waals surface area contributed by atoms with Gasteiger partial charge in [0, 0.05) is 48.6 Å². The molecule has 0 aliphatic rings. The highest BCUT2D eigenvalue weighted by atomic mass is 127. The second-order valence-corrected chi connectivity index (χ2v) is 7.47. The lowest BCUT2D eigenvalue weighted by molar-refractivity contribution is 0.476. The van der Waals surface area contributed by atoms with Crippen molar-refractivity contribution in [1.82, 2.24) is 15.2 Å². The summed E-state index contributed by atoms with van der Waals surface area (Å²) in [6.07, 6.45) is 2.81. The Balaban J connectivity index is 0.00000288. The second kappa shape index (κ2) is 11.0. The van der Waals surface area contributed by atoms with Gasteiger partial charge >= 0.3 is 0 Å². The number of aryl methyl sites for hydroxylation is 1. The van der Waals surface area contributed by atoms with Gasteiger partial charge in [0.05, 0.1) is 5.01 Å². The van der Waals surface area contributed by atoms with Gasteiger partial charge in [0.25, 0.3) is 0 Å². The fourth-order valence-corrected chi connectivity index (χ4v) is 3.39. The van der Waals surface area contributed by atoms with Crippen LogP contribution in [0.1, 0.15) is 22.4 Å². The number of benzene rings is 1. The van der Waals surface area contributed by atoms with Crippen LogP contribution in [0.4, 0.5) is 0 Å². The third kappa shape index (κ3) is 6.68. The summed E-state index contributed by atoms with van der Waals surface area (Å²) in [5.74, 6) is 0.927. The monoisotopic (exact) mass is 522 g/mol. The van der Waals surface area contributed by atoms with Crippen LogP contribution in [0, 0.1) is 6.92 Å². The number of aliphatic imine (C=N–C) groups is 1. The number of nitrogens with zero attached hydrogens (tertiary/aromatic N) is 3. The van der Waals surface area contributed by atoms with Gasteiger partial charge in [0.15, 0.2) is 5.96 Å². The van der Waals surface area contributed by atoms with Crippen molar-refractivity contribution in [2.24, 2.45) is 4.99 Å². The molecule has 0 amide bonds. The van der Waals surface area contributed by atoms with E-state index in [-0.39, 0.29) is 24.0 Å². The van der Waals surface area contributed by atoms with Crippen molar-refractivity contribution in [3.05, 3.63) is 50.4 Å². The van der Waals surface area contributed by atoms with Crippen LogP contribution in [0.3, 0.4) is 0 Å². The predicted octanol–water partition coefficient (Wildman–Crippen LogP) is 4.47. The standard InChI is InChI=1S/C17H23BrN4S.HI/c1-4-19-17(20-10-9-16-21-11-13(2)23-16)22(3)12-14-7-5-6-8-15(14)18;/h5-8,11H,4,9-10,12H2,1-3H3,(H,19,20);1H. The quantitative estimate of drug-likeness (QED) is 0.345. The SMILES string of the molecule is CCNC(=NCCc1ncc(C)s1)N(C)Cc1ccccc1Br.I. The van der Waals surface area contributed by atoms with Crippen molar-refractivity contribution in [2.45, 2.75) is 26.8 Å². The molecule has 0 atom stereocenters. The molecule has 1 heterocycles. The molecule has 2 rings (SSSR count). The topological polar surface area (TPSA) is 40.5 Å². The zero-order valence-corrected chi connectivity index (χ0v) is 19.0. The predicted molar refractivity (Wildman–Crippen MR) is 118 cm³/mol. The normalized spacial score (nSPS) is 11.1. The Morgan fingerprint density at radius 3 is 2.75 bits per heavy atom.